The standard InChI is InChI=1S/C24H22N4O3S/c29-21-12-14-26(15-17-7-2-1-3-8-17)24(31)28(21)16-22(30)27-13-6-10-19(27)23-25-18-9-4-5-11-20(18)32-23/h1-5,7-9,11-12,14,19H,6,10,13,15-16H2/t19-/m0/s1. The summed E-state index contributed by atoms with van der Waals surface area (Å²) in [6.07, 6.45) is 3.18. The molecule has 32 heavy (non-hydrogen) atoms. The molecule has 1 fully saturated rings. The Bertz CT molecular complexity index is 1360. The van der Waals surface area contributed by atoms with Gasteiger partial charge in [-0.1, -0.05) is 42.5 Å². The Balaban J connectivity index is 1.40. The van der Waals surface area contributed by atoms with Gasteiger partial charge in [0, 0.05) is 18.8 Å². The molecule has 7 nitrogen and oxygen atoms in total. The average Bonchev–Trinajstić information content (AvgIpc) is 3.46. The molecule has 5 rings (SSSR count). The van der Waals surface area contributed by atoms with Crippen molar-refractivity contribution in [3.05, 3.63) is 98.3 Å². The Morgan fingerprint density at radius 3 is 2.62 bits per heavy atom. The van der Waals surface area contributed by atoms with Crippen LogP contribution in [0.3, 0.4) is 0 Å². The summed E-state index contributed by atoms with van der Waals surface area (Å²) >= 11 is 1.59. The van der Waals surface area contributed by atoms with Crippen LogP contribution in [0.5, 0.6) is 0 Å². The summed E-state index contributed by atoms with van der Waals surface area (Å²) in [5.41, 5.74) is 0.922. The minimum absolute atomic E-state index is 0.120. The number of nitrogens with zero attached hydrogens (tertiary/aromatic N) is 4. The van der Waals surface area contributed by atoms with E-state index in [2.05, 4.69) is 0 Å². The largest absolute Gasteiger partial charge is 0.332 e. The Morgan fingerprint density at radius 2 is 1.81 bits per heavy atom. The van der Waals surface area contributed by atoms with Crippen molar-refractivity contribution in [1.29, 1.82) is 0 Å². The number of carbonyl (C=O) groups excluding carboxylic acids is 1. The monoisotopic (exact) mass is 446 g/mol. The zero-order valence-corrected chi connectivity index (χ0v) is 18.2. The molecule has 0 unspecified atom stereocenters. The van der Waals surface area contributed by atoms with Gasteiger partial charge in [-0.3, -0.25) is 18.7 Å². The summed E-state index contributed by atoms with van der Waals surface area (Å²) in [6.45, 7) is 0.667. The molecule has 0 spiro atoms. The zero-order chi connectivity index (χ0) is 22.1. The lowest BCUT2D eigenvalue weighted by Crippen LogP contribution is -2.44. The first kappa shape index (κ1) is 20.4. The van der Waals surface area contributed by atoms with Crippen molar-refractivity contribution in [2.24, 2.45) is 0 Å². The first-order chi connectivity index (χ1) is 15.6. The Kier molecular flexibility index (Phi) is 5.45. The van der Waals surface area contributed by atoms with Crippen LogP contribution in [0.2, 0.25) is 0 Å². The molecule has 0 bridgehead atoms. The number of carbonyl (C=O) groups is 1. The molecule has 4 aromatic rings. The molecule has 0 saturated carbocycles. The normalized spacial score (nSPS) is 16.0. The summed E-state index contributed by atoms with van der Waals surface area (Å²) in [5, 5.41) is 0.902. The van der Waals surface area contributed by atoms with Crippen molar-refractivity contribution < 1.29 is 4.79 Å². The molecule has 1 aliphatic heterocycles. The van der Waals surface area contributed by atoms with Gasteiger partial charge in [0.15, 0.2) is 0 Å². The molecule has 1 atom stereocenters. The molecule has 0 radical (unpaired) electrons. The molecular formula is C24H22N4O3S. The maximum atomic E-state index is 13.2. The lowest BCUT2D eigenvalue weighted by Gasteiger charge is -2.23. The number of thiazole rings is 1. The van der Waals surface area contributed by atoms with E-state index in [1.54, 1.807) is 16.2 Å². The third-order valence-corrected chi connectivity index (χ3v) is 6.94. The molecule has 1 aliphatic rings. The van der Waals surface area contributed by atoms with Gasteiger partial charge >= 0.3 is 5.69 Å². The predicted octanol–water partition coefficient (Wildman–Crippen LogP) is 3.03. The SMILES string of the molecule is O=C(Cn1c(=O)ccn(Cc2ccccc2)c1=O)N1CCC[C@H]1c1nc2ccccc2s1. The van der Waals surface area contributed by atoms with Crippen molar-refractivity contribution in [3.63, 3.8) is 0 Å². The van der Waals surface area contributed by atoms with Crippen LogP contribution in [0.1, 0.15) is 29.5 Å². The summed E-state index contributed by atoms with van der Waals surface area (Å²) in [4.78, 5) is 45.1. The number of rotatable bonds is 5. The van der Waals surface area contributed by atoms with Gasteiger partial charge in [-0.05, 0) is 30.5 Å². The lowest BCUT2D eigenvalue weighted by atomic mass is 10.2. The summed E-state index contributed by atoms with van der Waals surface area (Å²) in [5.74, 6) is -0.233. The molecule has 2 aromatic carbocycles. The van der Waals surface area contributed by atoms with Gasteiger partial charge in [0.05, 0.1) is 22.8 Å². The molecule has 0 aliphatic carbocycles. The van der Waals surface area contributed by atoms with Crippen molar-refractivity contribution in [1.82, 2.24) is 19.0 Å². The van der Waals surface area contributed by atoms with Gasteiger partial charge in [0.1, 0.15) is 11.6 Å². The molecule has 2 aromatic heterocycles. The van der Waals surface area contributed by atoms with Crippen molar-refractivity contribution in [3.8, 4) is 0 Å². The van der Waals surface area contributed by atoms with E-state index in [9.17, 15) is 14.4 Å². The fourth-order valence-electron chi connectivity index (χ4n) is 4.18. The Hall–Kier alpha value is -3.52. The highest BCUT2D eigenvalue weighted by atomic mass is 32.1. The average molecular weight is 447 g/mol. The quantitative estimate of drug-likeness (QED) is 0.472. The molecular weight excluding hydrogens is 424 g/mol. The highest BCUT2D eigenvalue weighted by molar-refractivity contribution is 7.18. The fourth-order valence-corrected chi connectivity index (χ4v) is 5.30. The van der Waals surface area contributed by atoms with Crippen LogP contribution in [0.25, 0.3) is 10.2 Å². The van der Waals surface area contributed by atoms with E-state index in [-0.39, 0.29) is 18.5 Å². The predicted molar refractivity (Wildman–Crippen MR) is 124 cm³/mol. The second-order valence-electron chi connectivity index (χ2n) is 7.90. The maximum absolute atomic E-state index is 13.2. The van der Waals surface area contributed by atoms with E-state index >= 15 is 0 Å². The molecule has 162 valence electrons. The summed E-state index contributed by atoms with van der Waals surface area (Å²) in [7, 11) is 0. The second kappa shape index (κ2) is 8.55. The smallest absolute Gasteiger partial charge is 0.331 e. The van der Waals surface area contributed by atoms with Crippen LogP contribution in [0, 0.1) is 0 Å². The molecule has 1 amide bonds. The highest BCUT2D eigenvalue weighted by Gasteiger charge is 2.32. The topological polar surface area (TPSA) is 77.2 Å². The van der Waals surface area contributed by atoms with Crippen molar-refractivity contribution in [2.45, 2.75) is 32.0 Å². The van der Waals surface area contributed by atoms with Crippen LogP contribution in [0.15, 0.2) is 76.4 Å². The molecule has 1 saturated heterocycles. The minimum atomic E-state index is -0.481. The first-order valence-corrected chi connectivity index (χ1v) is 11.4. The third kappa shape index (κ3) is 3.89. The van der Waals surface area contributed by atoms with Crippen LogP contribution < -0.4 is 11.2 Å². The number of hydrogen-bond donors (Lipinski definition) is 0. The zero-order valence-electron chi connectivity index (χ0n) is 17.4. The second-order valence-corrected chi connectivity index (χ2v) is 8.96. The maximum Gasteiger partial charge on any atom is 0.331 e. The van der Waals surface area contributed by atoms with Gasteiger partial charge in [-0.2, -0.15) is 0 Å². The van der Waals surface area contributed by atoms with E-state index in [0.717, 1.165) is 38.2 Å². The number of fused-ring (bicyclic) bond motifs is 1. The first-order valence-electron chi connectivity index (χ1n) is 10.6. The number of likely N-dealkylation sites (tertiary alicyclic amines) is 1. The summed E-state index contributed by atoms with van der Waals surface area (Å²) in [6, 6.07) is 18.7. The van der Waals surface area contributed by atoms with E-state index in [1.807, 2.05) is 54.6 Å². The van der Waals surface area contributed by atoms with Gasteiger partial charge < -0.3 is 4.90 Å². The number of aromatic nitrogens is 3. The van der Waals surface area contributed by atoms with Gasteiger partial charge in [0.2, 0.25) is 5.91 Å². The summed E-state index contributed by atoms with van der Waals surface area (Å²) < 4.78 is 3.57. The highest BCUT2D eigenvalue weighted by Crippen LogP contribution is 2.36. The van der Waals surface area contributed by atoms with E-state index < -0.39 is 11.2 Å². The number of amides is 1. The number of para-hydroxylation sites is 1. The van der Waals surface area contributed by atoms with Crippen LogP contribution in [0.4, 0.5) is 0 Å². The molecule has 3 heterocycles. The van der Waals surface area contributed by atoms with Gasteiger partial charge in [0.25, 0.3) is 5.56 Å². The number of hydrogen-bond acceptors (Lipinski definition) is 5. The molecule has 8 heteroatoms. The fraction of sp³-hybridized carbons (Fsp3) is 0.250. The molecule has 0 N–H and O–H groups in total. The van der Waals surface area contributed by atoms with Crippen molar-refractivity contribution in [2.75, 3.05) is 6.54 Å². The van der Waals surface area contributed by atoms with Crippen LogP contribution in [-0.2, 0) is 17.9 Å². The number of benzene rings is 2. The van der Waals surface area contributed by atoms with E-state index in [1.165, 1.54) is 16.8 Å². The van der Waals surface area contributed by atoms with Gasteiger partial charge in [-0.15, -0.1) is 11.3 Å². The van der Waals surface area contributed by atoms with Crippen LogP contribution in [-0.4, -0.2) is 31.5 Å². The lowest BCUT2D eigenvalue weighted by molar-refractivity contribution is -0.132. The minimum Gasteiger partial charge on any atom is -0.332 e. The third-order valence-electron chi connectivity index (χ3n) is 5.80. The Labute approximate surface area is 188 Å². The van der Waals surface area contributed by atoms with E-state index in [4.69, 9.17) is 4.98 Å². The van der Waals surface area contributed by atoms with Crippen LogP contribution >= 0.6 is 11.3 Å². The van der Waals surface area contributed by atoms with Crippen molar-refractivity contribution >= 4 is 27.5 Å². The Morgan fingerprint density at radius 1 is 1.03 bits per heavy atom. The van der Waals surface area contributed by atoms with Gasteiger partial charge in [-0.25, -0.2) is 9.78 Å². The van der Waals surface area contributed by atoms with E-state index in [0.29, 0.717) is 13.1 Å².